The highest BCUT2D eigenvalue weighted by Gasteiger charge is 2.32. The van der Waals surface area contributed by atoms with E-state index >= 15 is 0 Å². The van der Waals surface area contributed by atoms with E-state index in [0.717, 1.165) is 25.9 Å². The Morgan fingerprint density at radius 2 is 2.08 bits per heavy atom. The number of aliphatic hydroxyl groups is 1. The molecule has 0 aromatic carbocycles. The Balaban J connectivity index is 2.42. The van der Waals surface area contributed by atoms with Crippen LogP contribution in [0.25, 0.3) is 0 Å². The fourth-order valence-electron chi connectivity index (χ4n) is 1.63. The third-order valence-electron chi connectivity index (χ3n) is 2.91. The van der Waals surface area contributed by atoms with Crippen LogP contribution in [0.5, 0.6) is 0 Å². The average Bonchev–Trinajstić information content (AvgIpc) is 2.18. The molecule has 1 fully saturated rings. The van der Waals surface area contributed by atoms with Gasteiger partial charge in [0, 0.05) is 25.0 Å². The van der Waals surface area contributed by atoms with Crippen molar-refractivity contribution in [2.75, 3.05) is 33.3 Å². The Morgan fingerprint density at radius 1 is 1.50 bits per heavy atom. The fraction of sp³-hybridized carbons (Fsp3) is 1.00. The first kappa shape index (κ1) is 9.92. The molecule has 0 bridgehead atoms. The van der Waals surface area contributed by atoms with Crippen molar-refractivity contribution in [1.82, 2.24) is 10.4 Å². The highest BCUT2D eigenvalue weighted by Crippen LogP contribution is 2.28. The summed E-state index contributed by atoms with van der Waals surface area (Å²) in [6.07, 6.45) is 1.97. The van der Waals surface area contributed by atoms with Gasteiger partial charge in [0.15, 0.2) is 0 Å². The summed E-state index contributed by atoms with van der Waals surface area (Å²) >= 11 is 0. The van der Waals surface area contributed by atoms with Gasteiger partial charge < -0.3 is 10.8 Å². The monoisotopic (exact) mass is 173 g/mol. The number of nitrogens with zero attached hydrogens (tertiary/aromatic N) is 1. The summed E-state index contributed by atoms with van der Waals surface area (Å²) < 4.78 is 0. The predicted molar refractivity (Wildman–Crippen MR) is 48.4 cm³/mol. The van der Waals surface area contributed by atoms with Crippen molar-refractivity contribution >= 4 is 0 Å². The van der Waals surface area contributed by atoms with Gasteiger partial charge >= 0.3 is 0 Å². The van der Waals surface area contributed by atoms with Gasteiger partial charge in [-0.05, 0) is 19.9 Å². The molecular formula is C8H19N3O. The minimum atomic E-state index is -0.00660. The lowest BCUT2D eigenvalue weighted by molar-refractivity contribution is 0.0337. The van der Waals surface area contributed by atoms with Crippen LogP contribution in [0.4, 0.5) is 0 Å². The van der Waals surface area contributed by atoms with Crippen LogP contribution < -0.4 is 11.2 Å². The van der Waals surface area contributed by atoms with Crippen molar-refractivity contribution in [1.29, 1.82) is 0 Å². The lowest BCUT2D eigenvalue weighted by atomic mass is 9.80. The van der Waals surface area contributed by atoms with Gasteiger partial charge in [-0.2, -0.15) is 0 Å². The van der Waals surface area contributed by atoms with Crippen LogP contribution in [0.2, 0.25) is 0 Å². The Kier molecular flexibility index (Phi) is 3.46. The number of aliphatic hydroxyl groups excluding tert-OH is 1. The van der Waals surface area contributed by atoms with E-state index in [1.54, 1.807) is 0 Å². The number of nitrogens with two attached hydrogens (primary N) is 1. The van der Waals surface area contributed by atoms with Crippen molar-refractivity contribution in [3.05, 3.63) is 0 Å². The summed E-state index contributed by atoms with van der Waals surface area (Å²) in [7, 11) is 1.92. The Morgan fingerprint density at radius 3 is 2.42 bits per heavy atom. The lowest BCUT2D eigenvalue weighted by Crippen LogP contribution is -2.49. The van der Waals surface area contributed by atoms with Gasteiger partial charge in [0.1, 0.15) is 0 Å². The maximum atomic E-state index is 9.18. The van der Waals surface area contributed by atoms with E-state index in [2.05, 4.69) is 10.4 Å². The van der Waals surface area contributed by atoms with Gasteiger partial charge in [-0.15, -0.1) is 0 Å². The largest absolute Gasteiger partial charge is 0.396 e. The molecule has 4 nitrogen and oxygen atoms in total. The molecule has 1 aliphatic rings. The molecule has 1 rings (SSSR count). The SMILES string of the molecule is CNN1CCC(CN)(CO)CC1. The third-order valence-corrected chi connectivity index (χ3v) is 2.91. The molecule has 4 N–H and O–H groups in total. The molecule has 1 saturated heterocycles. The molecule has 0 aliphatic carbocycles. The van der Waals surface area contributed by atoms with Gasteiger partial charge in [-0.3, -0.25) is 5.43 Å². The van der Waals surface area contributed by atoms with Gasteiger partial charge in [0.25, 0.3) is 0 Å². The standard InChI is InChI=1S/C8H19N3O/c1-10-11-4-2-8(6-9,7-12)3-5-11/h10,12H,2-7,9H2,1H3. The van der Waals surface area contributed by atoms with Crippen molar-refractivity contribution < 1.29 is 5.11 Å². The summed E-state index contributed by atoms with van der Waals surface area (Å²) in [6, 6.07) is 0. The van der Waals surface area contributed by atoms with Crippen molar-refractivity contribution in [3.8, 4) is 0 Å². The summed E-state index contributed by atoms with van der Waals surface area (Å²) in [6.45, 7) is 2.78. The zero-order valence-corrected chi connectivity index (χ0v) is 7.71. The van der Waals surface area contributed by atoms with Crippen molar-refractivity contribution in [2.45, 2.75) is 12.8 Å². The Labute approximate surface area is 73.7 Å². The maximum absolute atomic E-state index is 9.18. The maximum Gasteiger partial charge on any atom is 0.0500 e. The second-order valence-electron chi connectivity index (χ2n) is 3.57. The van der Waals surface area contributed by atoms with E-state index in [0.29, 0.717) is 6.54 Å². The smallest absolute Gasteiger partial charge is 0.0500 e. The van der Waals surface area contributed by atoms with Crippen molar-refractivity contribution in [2.24, 2.45) is 11.1 Å². The van der Waals surface area contributed by atoms with Crippen molar-refractivity contribution in [3.63, 3.8) is 0 Å². The highest BCUT2D eigenvalue weighted by atomic mass is 16.3. The highest BCUT2D eigenvalue weighted by molar-refractivity contribution is 4.85. The molecule has 0 radical (unpaired) electrons. The van der Waals surface area contributed by atoms with E-state index in [-0.39, 0.29) is 12.0 Å². The van der Waals surface area contributed by atoms with Gasteiger partial charge in [-0.25, -0.2) is 5.01 Å². The Bertz CT molecular complexity index is 126. The zero-order chi connectivity index (χ0) is 9.03. The minimum Gasteiger partial charge on any atom is -0.396 e. The van der Waals surface area contributed by atoms with Crippen LogP contribution in [0.15, 0.2) is 0 Å². The fourth-order valence-corrected chi connectivity index (χ4v) is 1.63. The van der Waals surface area contributed by atoms with Crippen LogP contribution in [-0.2, 0) is 0 Å². The van der Waals surface area contributed by atoms with Crippen LogP contribution in [0.1, 0.15) is 12.8 Å². The number of piperidine rings is 1. The topological polar surface area (TPSA) is 61.5 Å². The normalized spacial score (nSPS) is 24.2. The molecule has 72 valence electrons. The van der Waals surface area contributed by atoms with Crippen LogP contribution in [0, 0.1) is 5.41 Å². The molecular weight excluding hydrogens is 154 g/mol. The second kappa shape index (κ2) is 4.18. The van der Waals surface area contributed by atoms with Crippen LogP contribution in [-0.4, -0.2) is 43.4 Å². The van der Waals surface area contributed by atoms with Gasteiger partial charge in [0.05, 0.1) is 6.61 Å². The summed E-state index contributed by atoms with van der Waals surface area (Å²) in [5, 5.41) is 11.3. The number of hydrogen-bond acceptors (Lipinski definition) is 4. The lowest BCUT2D eigenvalue weighted by Gasteiger charge is -2.39. The molecule has 0 atom stereocenters. The molecule has 0 amide bonds. The summed E-state index contributed by atoms with van der Waals surface area (Å²) in [5.41, 5.74) is 8.73. The van der Waals surface area contributed by atoms with Gasteiger partial charge in [0.2, 0.25) is 0 Å². The quantitative estimate of drug-likeness (QED) is 0.520. The first-order valence-corrected chi connectivity index (χ1v) is 4.49. The zero-order valence-electron chi connectivity index (χ0n) is 7.71. The first-order valence-electron chi connectivity index (χ1n) is 4.49. The number of nitrogens with one attached hydrogen (secondary N) is 1. The molecule has 12 heavy (non-hydrogen) atoms. The molecule has 0 saturated carbocycles. The van der Waals surface area contributed by atoms with E-state index in [4.69, 9.17) is 5.73 Å². The van der Waals surface area contributed by atoms with E-state index < -0.39 is 0 Å². The van der Waals surface area contributed by atoms with E-state index in [1.165, 1.54) is 0 Å². The van der Waals surface area contributed by atoms with E-state index in [1.807, 2.05) is 7.05 Å². The molecule has 1 heterocycles. The van der Waals surface area contributed by atoms with Crippen LogP contribution >= 0.6 is 0 Å². The second-order valence-corrected chi connectivity index (χ2v) is 3.57. The first-order chi connectivity index (χ1) is 5.76. The molecule has 0 unspecified atom stereocenters. The molecule has 0 aromatic rings. The Hall–Kier alpha value is -0.160. The molecule has 1 aliphatic heterocycles. The molecule has 4 heteroatoms. The van der Waals surface area contributed by atoms with E-state index in [9.17, 15) is 5.11 Å². The van der Waals surface area contributed by atoms with Crippen LogP contribution in [0.3, 0.4) is 0 Å². The number of hydrogen-bond donors (Lipinski definition) is 3. The number of hydrazine groups is 1. The summed E-state index contributed by atoms with van der Waals surface area (Å²) in [5.74, 6) is 0. The summed E-state index contributed by atoms with van der Waals surface area (Å²) in [4.78, 5) is 0. The number of rotatable bonds is 3. The van der Waals surface area contributed by atoms with Gasteiger partial charge in [-0.1, -0.05) is 0 Å². The predicted octanol–water partition coefficient (Wildman–Crippen LogP) is -0.846. The minimum absolute atomic E-state index is 0.00660. The average molecular weight is 173 g/mol. The molecule has 0 aromatic heterocycles. The third kappa shape index (κ3) is 1.95. The molecule has 0 spiro atoms.